The van der Waals surface area contributed by atoms with Crippen molar-refractivity contribution in [1.29, 1.82) is 0 Å². The SMILES string of the molecule is CN1N(CCN)C(=O)CC1(C)C. The van der Waals surface area contributed by atoms with E-state index in [0.717, 1.165) is 0 Å². The van der Waals surface area contributed by atoms with Crippen molar-refractivity contribution in [2.45, 2.75) is 25.8 Å². The summed E-state index contributed by atoms with van der Waals surface area (Å²) in [6, 6.07) is 0. The van der Waals surface area contributed by atoms with Crippen LogP contribution >= 0.6 is 0 Å². The first-order chi connectivity index (χ1) is 5.49. The van der Waals surface area contributed by atoms with Crippen LogP contribution in [0.25, 0.3) is 0 Å². The molecule has 1 amide bonds. The first-order valence-corrected chi connectivity index (χ1v) is 4.23. The first kappa shape index (κ1) is 9.48. The van der Waals surface area contributed by atoms with Crippen LogP contribution in [0.5, 0.6) is 0 Å². The third kappa shape index (κ3) is 1.44. The lowest BCUT2D eigenvalue weighted by Crippen LogP contribution is -2.45. The van der Waals surface area contributed by atoms with Gasteiger partial charge >= 0.3 is 0 Å². The van der Waals surface area contributed by atoms with E-state index >= 15 is 0 Å². The summed E-state index contributed by atoms with van der Waals surface area (Å²) in [5, 5.41) is 3.70. The minimum atomic E-state index is -0.0494. The average molecular weight is 171 g/mol. The molecule has 1 rings (SSSR count). The summed E-state index contributed by atoms with van der Waals surface area (Å²) in [5.74, 6) is 0.174. The number of hydrogen-bond donors (Lipinski definition) is 1. The van der Waals surface area contributed by atoms with Crippen LogP contribution in [0.4, 0.5) is 0 Å². The molecular weight excluding hydrogens is 154 g/mol. The van der Waals surface area contributed by atoms with Gasteiger partial charge in [-0.05, 0) is 13.8 Å². The summed E-state index contributed by atoms with van der Waals surface area (Å²) in [5.41, 5.74) is 5.35. The fourth-order valence-electron chi connectivity index (χ4n) is 1.47. The molecule has 0 aromatic heterocycles. The molecule has 0 saturated carbocycles. The van der Waals surface area contributed by atoms with Crippen LogP contribution in [0.3, 0.4) is 0 Å². The number of hydrazine groups is 1. The Labute approximate surface area is 73.3 Å². The second kappa shape index (κ2) is 3.03. The molecule has 0 radical (unpaired) electrons. The fourth-order valence-corrected chi connectivity index (χ4v) is 1.47. The molecule has 12 heavy (non-hydrogen) atoms. The molecule has 1 aliphatic rings. The molecule has 70 valence electrons. The maximum Gasteiger partial charge on any atom is 0.238 e. The van der Waals surface area contributed by atoms with Gasteiger partial charge in [0.1, 0.15) is 0 Å². The van der Waals surface area contributed by atoms with Gasteiger partial charge in [0.15, 0.2) is 0 Å². The maximum absolute atomic E-state index is 11.4. The number of carbonyl (C=O) groups excluding carboxylic acids is 1. The third-order valence-electron chi connectivity index (χ3n) is 2.45. The van der Waals surface area contributed by atoms with Crippen LogP contribution in [0.15, 0.2) is 0 Å². The summed E-state index contributed by atoms with van der Waals surface area (Å²) in [6.45, 7) is 5.26. The highest BCUT2D eigenvalue weighted by Gasteiger charge is 2.40. The smallest absolute Gasteiger partial charge is 0.238 e. The number of nitrogens with zero attached hydrogens (tertiary/aromatic N) is 2. The number of amides is 1. The van der Waals surface area contributed by atoms with Gasteiger partial charge in [0.2, 0.25) is 5.91 Å². The Morgan fingerprint density at radius 1 is 1.58 bits per heavy atom. The van der Waals surface area contributed by atoms with Crippen LogP contribution in [0.1, 0.15) is 20.3 Å². The van der Waals surface area contributed by atoms with E-state index < -0.39 is 0 Å². The zero-order valence-electron chi connectivity index (χ0n) is 8.00. The zero-order chi connectivity index (χ0) is 9.35. The molecule has 2 N–H and O–H groups in total. The number of carbonyl (C=O) groups is 1. The van der Waals surface area contributed by atoms with Crippen molar-refractivity contribution in [3.63, 3.8) is 0 Å². The quantitative estimate of drug-likeness (QED) is 0.626. The molecule has 1 fully saturated rings. The number of rotatable bonds is 2. The summed E-state index contributed by atoms with van der Waals surface area (Å²) < 4.78 is 0. The highest BCUT2D eigenvalue weighted by Crippen LogP contribution is 2.27. The number of nitrogens with two attached hydrogens (primary N) is 1. The van der Waals surface area contributed by atoms with Gasteiger partial charge < -0.3 is 5.73 Å². The van der Waals surface area contributed by atoms with E-state index in [2.05, 4.69) is 13.8 Å². The Morgan fingerprint density at radius 3 is 2.50 bits per heavy atom. The molecule has 1 heterocycles. The van der Waals surface area contributed by atoms with Gasteiger partial charge in [0.25, 0.3) is 0 Å². The van der Waals surface area contributed by atoms with E-state index in [4.69, 9.17) is 5.73 Å². The molecule has 1 saturated heterocycles. The van der Waals surface area contributed by atoms with Gasteiger partial charge in [-0.3, -0.25) is 9.80 Å². The summed E-state index contributed by atoms with van der Waals surface area (Å²) in [7, 11) is 1.93. The summed E-state index contributed by atoms with van der Waals surface area (Å²) >= 11 is 0. The second-order valence-corrected chi connectivity index (χ2v) is 3.82. The minimum Gasteiger partial charge on any atom is -0.329 e. The fraction of sp³-hybridized carbons (Fsp3) is 0.875. The van der Waals surface area contributed by atoms with Crippen molar-refractivity contribution in [3.05, 3.63) is 0 Å². The van der Waals surface area contributed by atoms with E-state index in [0.29, 0.717) is 19.5 Å². The third-order valence-corrected chi connectivity index (χ3v) is 2.45. The highest BCUT2D eigenvalue weighted by atomic mass is 16.2. The topological polar surface area (TPSA) is 49.6 Å². The predicted octanol–water partition coefficient (Wildman–Crippen LogP) is -0.197. The van der Waals surface area contributed by atoms with E-state index in [-0.39, 0.29) is 11.4 Å². The lowest BCUT2D eigenvalue weighted by Gasteiger charge is -2.32. The lowest BCUT2D eigenvalue weighted by atomic mass is 10.0. The van der Waals surface area contributed by atoms with E-state index in [1.807, 2.05) is 12.1 Å². The molecule has 0 spiro atoms. The minimum absolute atomic E-state index is 0.0494. The Morgan fingerprint density at radius 2 is 2.17 bits per heavy atom. The summed E-state index contributed by atoms with van der Waals surface area (Å²) in [4.78, 5) is 11.4. The van der Waals surface area contributed by atoms with Crippen LogP contribution in [0, 0.1) is 0 Å². The van der Waals surface area contributed by atoms with Crippen molar-refractivity contribution in [2.75, 3.05) is 20.1 Å². The molecule has 0 aliphatic carbocycles. The zero-order valence-corrected chi connectivity index (χ0v) is 8.00. The van der Waals surface area contributed by atoms with Gasteiger partial charge in [0.05, 0.1) is 0 Å². The van der Waals surface area contributed by atoms with Crippen molar-refractivity contribution in [3.8, 4) is 0 Å². The standard InChI is InChI=1S/C8H17N3O/c1-8(2)6-7(12)11(5-4-9)10(8)3/h4-6,9H2,1-3H3. The van der Waals surface area contributed by atoms with Gasteiger partial charge in [-0.15, -0.1) is 0 Å². The van der Waals surface area contributed by atoms with Crippen LogP contribution in [-0.2, 0) is 4.79 Å². The maximum atomic E-state index is 11.4. The Kier molecular flexibility index (Phi) is 2.39. The monoisotopic (exact) mass is 171 g/mol. The van der Waals surface area contributed by atoms with E-state index in [1.54, 1.807) is 5.01 Å². The van der Waals surface area contributed by atoms with Gasteiger partial charge in [-0.25, -0.2) is 5.01 Å². The van der Waals surface area contributed by atoms with Crippen LogP contribution in [0.2, 0.25) is 0 Å². The van der Waals surface area contributed by atoms with Gasteiger partial charge in [-0.2, -0.15) is 0 Å². The van der Waals surface area contributed by atoms with Crippen LogP contribution < -0.4 is 5.73 Å². The van der Waals surface area contributed by atoms with E-state index in [9.17, 15) is 4.79 Å². The average Bonchev–Trinajstić information content (AvgIpc) is 2.13. The molecule has 0 aromatic carbocycles. The Hall–Kier alpha value is -0.610. The predicted molar refractivity (Wildman–Crippen MR) is 47.2 cm³/mol. The molecule has 4 nitrogen and oxygen atoms in total. The van der Waals surface area contributed by atoms with Gasteiger partial charge in [0, 0.05) is 32.1 Å². The lowest BCUT2D eigenvalue weighted by molar-refractivity contribution is -0.137. The van der Waals surface area contributed by atoms with Crippen molar-refractivity contribution < 1.29 is 4.79 Å². The molecule has 0 atom stereocenters. The number of hydrogen-bond acceptors (Lipinski definition) is 3. The van der Waals surface area contributed by atoms with Gasteiger partial charge in [-0.1, -0.05) is 0 Å². The normalized spacial score (nSPS) is 23.7. The molecule has 1 aliphatic heterocycles. The molecule has 0 aromatic rings. The largest absolute Gasteiger partial charge is 0.329 e. The highest BCUT2D eigenvalue weighted by molar-refractivity contribution is 5.79. The van der Waals surface area contributed by atoms with Crippen molar-refractivity contribution in [2.24, 2.45) is 5.73 Å². The second-order valence-electron chi connectivity index (χ2n) is 3.82. The Balaban J connectivity index is 2.71. The molecule has 4 heteroatoms. The van der Waals surface area contributed by atoms with E-state index in [1.165, 1.54) is 0 Å². The Bertz CT molecular complexity index is 191. The van der Waals surface area contributed by atoms with Crippen LogP contribution in [-0.4, -0.2) is 41.6 Å². The van der Waals surface area contributed by atoms with Crippen molar-refractivity contribution in [1.82, 2.24) is 10.0 Å². The molecular formula is C8H17N3O. The molecule has 0 unspecified atom stereocenters. The molecule has 0 bridgehead atoms. The first-order valence-electron chi connectivity index (χ1n) is 4.23. The summed E-state index contributed by atoms with van der Waals surface area (Å²) in [6.07, 6.45) is 0.587. The van der Waals surface area contributed by atoms with Crippen molar-refractivity contribution >= 4 is 5.91 Å².